The fourth-order valence-corrected chi connectivity index (χ4v) is 4.89. The molecule has 2 aromatic carbocycles. The van der Waals surface area contributed by atoms with Crippen LogP contribution in [0.4, 0.5) is 5.69 Å². The monoisotopic (exact) mass is 477 g/mol. The molecule has 0 bridgehead atoms. The Morgan fingerprint density at radius 1 is 1.09 bits per heavy atom. The standard InChI is InChI=1S/C26H31N5O2S/c1-4-12-31-24(18-33-23-11-10-20(2)17-21(23)3)27-28-26(31)34-19-25(32)30-15-13-29(14-16-30)22-8-6-5-7-9-22/h4-11,17H,1,12-16,18-19H2,2-3H3. The molecule has 0 radical (unpaired) electrons. The zero-order valence-electron chi connectivity index (χ0n) is 19.8. The molecule has 0 aliphatic carbocycles. The molecule has 8 heteroatoms. The Hall–Kier alpha value is -3.26. The highest BCUT2D eigenvalue weighted by atomic mass is 32.2. The lowest BCUT2D eigenvalue weighted by Crippen LogP contribution is -2.49. The number of ether oxygens (including phenoxy) is 1. The van der Waals surface area contributed by atoms with Gasteiger partial charge < -0.3 is 14.5 Å². The van der Waals surface area contributed by atoms with E-state index in [0.717, 1.165) is 37.5 Å². The number of hydrogen-bond acceptors (Lipinski definition) is 6. The number of hydrogen-bond donors (Lipinski definition) is 0. The van der Waals surface area contributed by atoms with Gasteiger partial charge in [0.25, 0.3) is 0 Å². The number of rotatable bonds is 9. The first-order valence-corrected chi connectivity index (χ1v) is 12.5. The predicted octanol–water partition coefficient (Wildman–Crippen LogP) is 4.10. The van der Waals surface area contributed by atoms with Gasteiger partial charge in [0.1, 0.15) is 12.4 Å². The number of para-hydroxylation sites is 1. The molecular formula is C26H31N5O2S. The first kappa shape index (κ1) is 23.9. The van der Waals surface area contributed by atoms with Crippen molar-refractivity contribution in [3.63, 3.8) is 0 Å². The van der Waals surface area contributed by atoms with E-state index in [1.165, 1.54) is 23.0 Å². The molecule has 0 spiro atoms. The topological polar surface area (TPSA) is 63.5 Å². The van der Waals surface area contributed by atoms with Crippen molar-refractivity contribution in [3.8, 4) is 5.75 Å². The number of anilines is 1. The van der Waals surface area contributed by atoms with Gasteiger partial charge in [-0.3, -0.25) is 9.36 Å². The minimum Gasteiger partial charge on any atom is -0.485 e. The van der Waals surface area contributed by atoms with Crippen molar-refractivity contribution in [2.45, 2.75) is 32.2 Å². The second-order valence-electron chi connectivity index (χ2n) is 8.35. The van der Waals surface area contributed by atoms with Crippen molar-refractivity contribution in [1.29, 1.82) is 0 Å². The number of aromatic nitrogens is 3. The van der Waals surface area contributed by atoms with Crippen LogP contribution in [0, 0.1) is 13.8 Å². The van der Waals surface area contributed by atoms with Crippen molar-refractivity contribution in [1.82, 2.24) is 19.7 Å². The summed E-state index contributed by atoms with van der Waals surface area (Å²) in [6.07, 6.45) is 1.80. The molecule has 0 N–H and O–H groups in total. The maximum absolute atomic E-state index is 12.9. The van der Waals surface area contributed by atoms with Crippen molar-refractivity contribution in [2.24, 2.45) is 0 Å². The summed E-state index contributed by atoms with van der Waals surface area (Å²) >= 11 is 1.41. The molecule has 1 aliphatic rings. The van der Waals surface area contributed by atoms with Crippen molar-refractivity contribution in [3.05, 3.63) is 78.1 Å². The van der Waals surface area contributed by atoms with Gasteiger partial charge in [0.15, 0.2) is 11.0 Å². The van der Waals surface area contributed by atoms with Crippen LogP contribution >= 0.6 is 11.8 Å². The van der Waals surface area contributed by atoms with Crippen LogP contribution in [0.15, 0.2) is 66.3 Å². The Balaban J connectivity index is 1.32. The number of piperazine rings is 1. The summed E-state index contributed by atoms with van der Waals surface area (Å²) in [6.45, 7) is 11.9. The van der Waals surface area contributed by atoms with Crippen LogP contribution in [-0.4, -0.2) is 57.5 Å². The average molecular weight is 478 g/mol. The molecule has 1 saturated heterocycles. The predicted molar refractivity (Wildman–Crippen MR) is 136 cm³/mol. The second-order valence-corrected chi connectivity index (χ2v) is 9.29. The minimum absolute atomic E-state index is 0.124. The normalized spacial score (nSPS) is 13.7. The van der Waals surface area contributed by atoms with Gasteiger partial charge in [0.2, 0.25) is 5.91 Å². The van der Waals surface area contributed by atoms with Gasteiger partial charge in [-0.05, 0) is 37.6 Å². The molecular weight excluding hydrogens is 446 g/mol. The Labute approximate surface area is 205 Å². The fraction of sp³-hybridized carbons (Fsp3) is 0.346. The van der Waals surface area contributed by atoms with Gasteiger partial charge in [-0.15, -0.1) is 16.8 Å². The van der Waals surface area contributed by atoms with E-state index in [9.17, 15) is 4.79 Å². The summed E-state index contributed by atoms with van der Waals surface area (Å²) in [5.41, 5.74) is 3.49. The summed E-state index contributed by atoms with van der Waals surface area (Å²) in [4.78, 5) is 17.1. The van der Waals surface area contributed by atoms with Crippen molar-refractivity contribution in [2.75, 3.05) is 36.8 Å². The lowest BCUT2D eigenvalue weighted by Gasteiger charge is -2.36. The van der Waals surface area contributed by atoms with E-state index < -0.39 is 0 Å². The maximum atomic E-state index is 12.9. The largest absolute Gasteiger partial charge is 0.485 e. The molecule has 178 valence electrons. The van der Waals surface area contributed by atoms with Crippen LogP contribution in [0.1, 0.15) is 17.0 Å². The van der Waals surface area contributed by atoms with Crippen molar-refractivity contribution >= 4 is 23.4 Å². The van der Waals surface area contributed by atoms with Crippen LogP contribution in [-0.2, 0) is 17.9 Å². The second kappa shape index (κ2) is 11.2. The zero-order chi connectivity index (χ0) is 23.9. The molecule has 1 fully saturated rings. The van der Waals surface area contributed by atoms with E-state index in [1.54, 1.807) is 6.08 Å². The fourth-order valence-electron chi connectivity index (χ4n) is 4.02. The average Bonchev–Trinajstić information content (AvgIpc) is 3.24. The van der Waals surface area contributed by atoms with Crippen LogP contribution in [0.2, 0.25) is 0 Å². The van der Waals surface area contributed by atoms with Crippen LogP contribution in [0.3, 0.4) is 0 Å². The molecule has 2 heterocycles. The Morgan fingerprint density at radius 3 is 2.56 bits per heavy atom. The molecule has 1 amide bonds. The maximum Gasteiger partial charge on any atom is 0.233 e. The minimum atomic E-state index is 0.124. The first-order chi connectivity index (χ1) is 16.5. The van der Waals surface area contributed by atoms with Gasteiger partial charge in [0.05, 0.1) is 5.75 Å². The van der Waals surface area contributed by atoms with Crippen molar-refractivity contribution < 1.29 is 9.53 Å². The van der Waals surface area contributed by atoms with Gasteiger partial charge in [-0.1, -0.05) is 53.7 Å². The summed E-state index contributed by atoms with van der Waals surface area (Å²) in [5, 5.41) is 9.34. The number of aryl methyl sites for hydroxylation is 2. The molecule has 34 heavy (non-hydrogen) atoms. The number of thioether (sulfide) groups is 1. The van der Waals surface area contributed by atoms with E-state index in [0.29, 0.717) is 29.9 Å². The third-order valence-electron chi connectivity index (χ3n) is 5.87. The number of amides is 1. The number of carbonyl (C=O) groups excluding carboxylic acids is 1. The highest BCUT2D eigenvalue weighted by Gasteiger charge is 2.22. The molecule has 1 aliphatic heterocycles. The van der Waals surface area contributed by atoms with Crippen LogP contribution < -0.4 is 9.64 Å². The number of allylic oxidation sites excluding steroid dienone is 1. The van der Waals surface area contributed by atoms with E-state index in [4.69, 9.17) is 4.74 Å². The smallest absolute Gasteiger partial charge is 0.233 e. The first-order valence-electron chi connectivity index (χ1n) is 11.5. The number of carbonyl (C=O) groups is 1. The third-order valence-corrected chi connectivity index (χ3v) is 6.82. The summed E-state index contributed by atoms with van der Waals surface area (Å²) in [5.74, 6) is 2.00. The molecule has 1 aromatic heterocycles. The van der Waals surface area contributed by atoms with E-state index in [1.807, 2.05) is 46.7 Å². The van der Waals surface area contributed by atoms with Gasteiger partial charge in [0, 0.05) is 38.4 Å². The Morgan fingerprint density at radius 2 is 1.85 bits per heavy atom. The van der Waals surface area contributed by atoms with Gasteiger partial charge in [-0.25, -0.2) is 0 Å². The SMILES string of the molecule is C=CCn1c(COc2ccc(C)cc2C)nnc1SCC(=O)N1CCN(c2ccccc2)CC1. The third kappa shape index (κ3) is 5.80. The highest BCUT2D eigenvalue weighted by molar-refractivity contribution is 7.99. The molecule has 7 nitrogen and oxygen atoms in total. The summed E-state index contributed by atoms with van der Waals surface area (Å²) < 4.78 is 7.96. The number of benzene rings is 2. The Kier molecular flexibility index (Phi) is 7.90. The Bertz CT molecular complexity index is 1120. The van der Waals surface area contributed by atoms with E-state index >= 15 is 0 Å². The molecule has 0 saturated carbocycles. The zero-order valence-corrected chi connectivity index (χ0v) is 20.6. The highest BCUT2D eigenvalue weighted by Crippen LogP contribution is 2.23. The van der Waals surface area contributed by atoms with Crippen LogP contribution in [0.5, 0.6) is 5.75 Å². The van der Waals surface area contributed by atoms with E-state index in [-0.39, 0.29) is 5.91 Å². The molecule has 4 rings (SSSR count). The van der Waals surface area contributed by atoms with E-state index in [2.05, 4.69) is 46.8 Å². The lowest BCUT2D eigenvalue weighted by atomic mass is 10.1. The quantitative estimate of drug-likeness (QED) is 0.342. The lowest BCUT2D eigenvalue weighted by molar-refractivity contribution is -0.128. The van der Waals surface area contributed by atoms with Gasteiger partial charge in [-0.2, -0.15) is 0 Å². The van der Waals surface area contributed by atoms with Crippen LogP contribution in [0.25, 0.3) is 0 Å². The molecule has 3 aromatic rings. The summed E-state index contributed by atoms with van der Waals surface area (Å²) in [7, 11) is 0. The molecule has 0 atom stereocenters. The number of nitrogens with zero attached hydrogens (tertiary/aromatic N) is 5. The molecule has 0 unspecified atom stereocenters. The summed E-state index contributed by atoms with van der Waals surface area (Å²) in [6, 6.07) is 16.4. The van der Waals surface area contributed by atoms with Gasteiger partial charge >= 0.3 is 0 Å².